The predicted molar refractivity (Wildman–Crippen MR) is 93.6 cm³/mol. The molecule has 8 heteroatoms. The first-order valence-corrected chi connectivity index (χ1v) is 8.02. The highest BCUT2D eigenvalue weighted by Gasteiger charge is 2.28. The van der Waals surface area contributed by atoms with E-state index in [0.717, 1.165) is 0 Å². The zero-order chi connectivity index (χ0) is 19.4. The van der Waals surface area contributed by atoms with E-state index >= 15 is 0 Å². The van der Waals surface area contributed by atoms with Gasteiger partial charge in [0, 0.05) is 5.41 Å². The molecule has 0 spiro atoms. The van der Waals surface area contributed by atoms with Crippen molar-refractivity contribution in [3.8, 4) is 5.75 Å². The second-order valence-electron chi connectivity index (χ2n) is 6.62. The van der Waals surface area contributed by atoms with Crippen LogP contribution in [0.4, 0.5) is 0 Å². The van der Waals surface area contributed by atoms with Crippen LogP contribution in [0.3, 0.4) is 0 Å². The van der Waals surface area contributed by atoms with Crippen LogP contribution in [0.25, 0.3) is 0 Å². The molecule has 25 heavy (non-hydrogen) atoms. The molecule has 0 bridgehead atoms. The number of rotatable bonds is 6. The van der Waals surface area contributed by atoms with Gasteiger partial charge in [0.15, 0.2) is 6.04 Å². The monoisotopic (exact) mass is 370 g/mol. The Morgan fingerprint density at radius 3 is 2.24 bits per heavy atom. The van der Waals surface area contributed by atoms with Crippen molar-refractivity contribution in [2.75, 3.05) is 7.11 Å². The van der Waals surface area contributed by atoms with Gasteiger partial charge in [-0.05, 0) is 24.6 Å². The van der Waals surface area contributed by atoms with Gasteiger partial charge in [-0.15, -0.1) is 0 Å². The molecule has 0 radical (unpaired) electrons. The molecule has 0 saturated carbocycles. The van der Waals surface area contributed by atoms with E-state index in [1.165, 1.54) is 32.2 Å². The number of carbonyl (C=O) groups excluding carboxylic acids is 2. The fourth-order valence-electron chi connectivity index (χ4n) is 1.90. The lowest BCUT2D eigenvalue weighted by atomic mass is 9.95. The summed E-state index contributed by atoms with van der Waals surface area (Å²) in [5.74, 6) is -1.78. The molecule has 138 valence electrons. The number of amides is 2. The molecule has 0 aliphatic carbocycles. The van der Waals surface area contributed by atoms with Crippen LogP contribution in [0.5, 0.6) is 5.75 Å². The summed E-state index contributed by atoms with van der Waals surface area (Å²) in [6.45, 7) is 6.63. The van der Waals surface area contributed by atoms with Gasteiger partial charge in [0.25, 0.3) is 0 Å². The minimum atomic E-state index is -1.30. The van der Waals surface area contributed by atoms with Gasteiger partial charge in [0.05, 0.1) is 12.1 Å². The fraction of sp³-hybridized carbons (Fsp3) is 0.471. The van der Waals surface area contributed by atoms with Gasteiger partial charge < -0.3 is 20.5 Å². The van der Waals surface area contributed by atoms with Gasteiger partial charge in [-0.25, -0.2) is 4.79 Å². The van der Waals surface area contributed by atoms with Crippen LogP contribution < -0.4 is 15.4 Å². The topological polar surface area (TPSA) is 105 Å². The molecule has 2 unspecified atom stereocenters. The number of carbonyl (C=O) groups is 3. The van der Waals surface area contributed by atoms with Crippen molar-refractivity contribution in [1.29, 1.82) is 0 Å². The van der Waals surface area contributed by atoms with Crippen molar-refractivity contribution in [2.45, 2.75) is 39.8 Å². The summed E-state index contributed by atoms with van der Waals surface area (Å²) in [4.78, 5) is 35.7. The highest BCUT2D eigenvalue weighted by Crippen LogP contribution is 2.27. The van der Waals surface area contributed by atoms with Crippen LogP contribution in [0, 0.1) is 5.41 Å². The van der Waals surface area contributed by atoms with Gasteiger partial charge in [-0.1, -0.05) is 38.4 Å². The van der Waals surface area contributed by atoms with Crippen LogP contribution in [0.15, 0.2) is 18.2 Å². The molecular formula is C17H23ClN2O5. The summed E-state index contributed by atoms with van der Waals surface area (Å²) in [7, 11) is 1.44. The molecule has 0 aliphatic rings. The van der Waals surface area contributed by atoms with Crippen molar-refractivity contribution >= 4 is 29.4 Å². The second-order valence-corrected chi connectivity index (χ2v) is 7.03. The van der Waals surface area contributed by atoms with Crippen molar-refractivity contribution in [3.63, 3.8) is 0 Å². The van der Waals surface area contributed by atoms with E-state index in [1.54, 1.807) is 20.8 Å². The SMILES string of the molecule is COc1ccc(C(NC(=O)C(C)NC(=O)C(C)(C)C)C(=O)O)cc1Cl. The highest BCUT2D eigenvalue weighted by molar-refractivity contribution is 6.32. The van der Waals surface area contributed by atoms with Crippen LogP contribution in [0.2, 0.25) is 5.02 Å². The predicted octanol–water partition coefficient (Wildman–Crippen LogP) is 2.14. The van der Waals surface area contributed by atoms with E-state index in [-0.39, 0.29) is 10.9 Å². The summed E-state index contributed by atoms with van der Waals surface area (Å²) >= 11 is 6.01. The number of hydrogen-bond donors (Lipinski definition) is 3. The molecule has 0 fully saturated rings. The van der Waals surface area contributed by atoms with Gasteiger partial charge in [0.1, 0.15) is 11.8 Å². The van der Waals surface area contributed by atoms with Crippen LogP contribution >= 0.6 is 11.6 Å². The summed E-state index contributed by atoms with van der Waals surface area (Å²) in [5, 5.41) is 14.6. The molecule has 1 aromatic carbocycles. The van der Waals surface area contributed by atoms with Crippen molar-refractivity contribution < 1.29 is 24.2 Å². The molecule has 0 aliphatic heterocycles. The van der Waals surface area contributed by atoms with E-state index in [4.69, 9.17) is 16.3 Å². The van der Waals surface area contributed by atoms with E-state index in [2.05, 4.69) is 10.6 Å². The van der Waals surface area contributed by atoms with Gasteiger partial charge >= 0.3 is 5.97 Å². The van der Waals surface area contributed by atoms with Crippen LogP contribution in [0.1, 0.15) is 39.3 Å². The van der Waals surface area contributed by atoms with E-state index in [0.29, 0.717) is 11.3 Å². The fourth-order valence-corrected chi connectivity index (χ4v) is 2.16. The molecule has 0 aromatic heterocycles. The van der Waals surface area contributed by atoms with Gasteiger partial charge in [-0.3, -0.25) is 9.59 Å². The maximum atomic E-state index is 12.3. The molecular weight excluding hydrogens is 348 g/mol. The number of methoxy groups -OCH3 is 1. The quantitative estimate of drug-likeness (QED) is 0.711. The van der Waals surface area contributed by atoms with Gasteiger partial charge in [0.2, 0.25) is 11.8 Å². The minimum absolute atomic E-state index is 0.231. The smallest absolute Gasteiger partial charge is 0.330 e. The third-order valence-electron chi connectivity index (χ3n) is 3.46. The Labute approximate surface area is 151 Å². The van der Waals surface area contributed by atoms with Crippen molar-refractivity contribution in [2.24, 2.45) is 5.41 Å². The summed E-state index contributed by atoms with van der Waals surface area (Å²) in [5.41, 5.74) is -0.370. The molecule has 0 saturated heterocycles. The normalized spacial score (nSPS) is 13.5. The Hall–Kier alpha value is -2.28. The Bertz CT molecular complexity index is 669. The largest absolute Gasteiger partial charge is 0.495 e. The van der Waals surface area contributed by atoms with E-state index < -0.39 is 29.4 Å². The minimum Gasteiger partial charge on any atom is -0.495 e. The van der Waals surface area contributed by atoms with Gasteiger partial charge in [-0.2, -0.15) is 0 Å². The summed E-state index contributed by atoms with van der Waals surface area (Å²) in [6.07, 6.45) is 0. The average molecular weight is 371 g/mol. The zero-order valence-corrected chi connectivity index (χ0v) is 15.6. The molecule has 1 aromatic rings. The third-order valence-corrected chi connectivity index (χ3v) is 3.76. The Kier molecular flexibility index (Phi) is 6.81. The number of aliphatic carboxylic acids is 1. The number of hydrogen-bond acceptors (Lipinski definition) is 4. The molecule has 0 heterocycles. The molecule has 3 N–H and O–H groups in total. The van der Waals surface area contributed by atoms with E-state index in [1.807, 2.05) is 0 Å². The molecule has 1 rings (SSSR count). The Morgan fingerprint density at radius 1 is 1.20 bits per heavy atom. The summed E-state index contributed by atoms with van der Waals surface area (Å²) < 4.78 is 5.02. The number of ether oxygens (including phenoxy) is 1. The zero-order valence-electron chi connectivity index (χ0n) is 14.8. The lowest BCUT2D eigenvalue weighted by Gasteiger charge is -2.23. The van der Waals surface area contributed by atoms with E-state index in [9.17, 15) is 19.5 Å². The Morgan fingerprint density at radius 2 is 1.80 bits per heavy atom. The first-order valence-electron chi connectivity index (χ1n) is 7.65. The first kappa shape index (κ1) is 20.8. The van der Waals surface area contributed by atoms with Crippen molar-refractivity contribution in [1.82, 2.24) is 10.6 Å². The average Bonchev–Trinajstić information content (AvgIpc) is 2.50. The van der Waals surface area contributed by atoms with Crippen molar-refractivity contribution in [3.05, 3.63) is 28.8 Å². The molecule has 2 amide bonds. The molecule has 7 nitrogen and oxygen atoms in total. The maximum Gasteiger partial charge on any atom is 0.330 e. The maximum absolute atomic E-state index is 12.3. The first-order chi connectivity index (χ1) is 11.5. The number of nitrogens with one attached hydrogen (secondary N) is 2. The number of benzene rings is 1. The highest BCUT2D eigenvalue weighted by atomic mass is 35.5. The number of carboxylic acid groups (broad SMARTS) is 1. The van der Waals surface area contributed by atoms with Crippen LogP contribution in [-0.4, -0.2) is 36.0 Å². The number of carboxylic acids is 1. The lowest BCUT2D eigenvalue weighted by molar-refractivity contribution is -0.142. The van der Waals surface area contributed by atoms with Crippen LogP contribution in [-0.2, 0) is 14.4 Å². The lowest BCUT2D eigenvalue weighted by Crippen LogP contribution is -2.49. The third kappa shape index (κ3) is 5.63. The standard InChI is InChI=1S/C17H23ClN2O5/c1-9(19-16(24)17(2,3)4)14(21)20-13(15(22)23)10-6-7-12(25-5)11(18)8-10/h6-9,13H,1-5H3,(H,19,24)(H,20,21)(H,22,23). The number of halogens is 1. The summed E-state index contributed by atoms with van der Waals surface area (Å²) in [6, 6.07) is 2.25. The molecule has 2 atom stereocenters. The Balaban J connectivity index is 2.91. The second kappa shape index (κ2) is 8.20.